The SMILES string of the molecule is COC(=O)c1c(-c2cccc(Br)c2)csc1NC(=O)c1cccs1. The van der Waals surface area contributed by atoms with E-state index in [4.69, 9.17) is 4.74 Å². The number of carbonyl (C=O) groups excluding carboxylic acids is 2. The number of esters is 1. The molecule has 7 heteroatoms. The number of benzene rings is 1. The third-order valence-corrected chi connectivity index (χ3v) is 5.55. The van der Waals surface area contributed by atoms with Crippen molar-refractivity contribution in [2.24, 2.45) is 0 Å². The molecule has 0 fully saturated rings. The van der Waals surface area contributed by atoms with Gasteiger partial charge in [-0.3, -0.25) is 4.79 Å². The smallest absolute Gasteiger partial charge is 0.341 e. The van der Waals surface area contributed by atoms with Crippen molar-refractivity contribution in [3.8, 4) is 11.1 Å². The van der Waals surface area contributed by atoms with E-state index in [0.717, 1.165) is 15.6 Å². The van der Waals surface area contributed by atoms with E-state index in [1.165, 1.54) is 29.8 Å². The summed E-state index contributed by atoms with van der Waals surface area (Å²) in [6.07, 6.45) is 0. The van der Waals surface area contributed by atoms with E-state index in [-0.39, 0.29) is 5.91 Å². The van der Waals surface area contributed by atoms with Crippen LogP contribution in [0.4, 0.5) is 5.00 Å². The van der Waals surface area contributed by atoms with Crippen molar-refractivity contribution in [1.82, 2.24) is 0 Å². The molecule has 0 atom stereocenters. The number of methoxy groups -OCH3 is 1. The quantitative estimate of drug-likeness (QED) is 0.583. The number of rotatable bonds is 4. The van der Waals surface area contributed by atoms with Crippen LogP contribution in [-0.4, -0.2) is 19.0 Å². The van der Waals surface area contributed by atoms with Crippen LogP contribution in [0.5, 0.6) is 0 Å². The predicted molar refractivity (Wildman–Crippen MR) is 101 cm³/mol. The first-order valence-electron chi connectivity index (χ1n) is 6.90. The number of nitrogens with one attached hydrogen (secondary N) is 1. The van der Waals surface area contributed by atoms with Gasteiger partial charge in [-0.05, 0) is 29.1 Å². The summed E-state index contributed by atoms with van der Waals surface area (Å²) in [6, 6.07) is 11.2. The van der Waals surface area contributed by atoms with Crippen molar-refractivity contribution < 1.29 is 14.3 Å². The molecule has 0 spiro atoms. The second kappa shape index (κ2) is 7.29. The van der Waals surface area contributed by atoms with Crippen LogP contribution in [0.25, 0.3) is 11.1 Å². The highest BCUT2D eigenvalue weighted by molar-refractivity contribution is 9.10. The van der Waals surface area contributed by atoms with Gasteiger partial charge in [0.15, 0.2) is 0 Å². The molecule has 0 unspecified atom stereocenters. The van der Waals surface area contributed by atoms with Gasteiger partial charge in [0.25, 0.3) is 5.91 Å². The third-order valence-electron chi connectivity index (χ3n) is 3.29. The van der Waals surface area contributed by atoms with Gasteiger partial charge in [-0.1, -0.05) is 34.1 Å². The molecule has 3 aromatic rings. The fourth-order valence-electron chi connectivity index (χ4n) is 2.20. The molecule has 2 aromatic heterocycles. The lowest BCUT2D eigenvalue weighted by Gasteiger charge is -2.07. The molecule has 0 radical (unpaired) electrons. The molecule has 3 rings (SSSR count). The summed E-state index contributed by atoms with van der Waals surface area (Å²) in [6.45, 7) is 0. The van der Waals surface area contributed by atoms with Gasteiger partial charge in [0.2, 0.25) is 0 Å². The Hall–Kier alpha value is -1.96. The Bertz CT molecular complexity index is 887. The first-order chi connectivity index (χ1) is 11.6. The summed E-state index contributed by atoms with van der Waals surface area (Å²) in [5.74, 6) is -0.717. The molecule has 0 saturated carbocycles. The zero-order chi connectivity index (χ0) is 17.1. The van der Waals surface area contributed by atoms with Crippen molar-refractivity contribution in [2.75, 3.05) is 12.4 Å². The molecule has 1 amide bonds. The van der Waals surface area contributed by atoms with Crippen molar-refractivity contribution in [3.63, 3.8) is 0 Å². The summed E-state index contributed by atoms with van der Waals surface area (Å²) < 4.78 is 5.82. The van der Waals surface area contributed by atoms with Crippen LogP contribution in [0.3, 0.4) is 0 Å². The molecule has 0 bridgehead atoms. The number of anilines is 1. The number of amides is 1. The molecule has 1 N–H and O–H groups in total. The number of thiophene rings is 2. The van der Waals surface area contributed by atoms with E-state index in [2.05, 4.69) is 21.2 Å². The summed E-state index contributed by atoms with van der Waals surface area (Å²) in [4.78, 5) is 25.1. The van der Waals surface area contributed by atoms with Crippen LogP contribution in [0.1, 0.15) is 20.0 Å². The monoisotopic (exact) mass is 421 g/mol. The van der Waals surface area contributed by atoms with Crippen molar-refractivity contribution >= 4 is 55.5 Å². The second-order valence-electron chi connectivity index (χ2n) is 4.79. The summed E-state index contributed by atoms with van der Waals surface area (Å²) in [7, 11) is 1.33. The maximum Gasteiger partial charge on any atom is 0.341 e. The molecule has 0 aliphatic rings. The van der Waals surface area contributed by atoms with Crippen LogP contribution in [0.15, 0.2) is 51.6 Å². The average molecular weight is 422 g/mol. The molecule has 24 heavy (non-hydrogen) atoms. The molecule has 4 nitrogen and oxygen atoms in total. The Balaban J connectivity index is 2.01. The molecular weight excluding hydrogens is 410 g/mol. The molecule has 0 saturated heterocycles. The largest absolute Gasteiger partial charge is 0.465 e. The van der Waals surface area contributed by atoms with Crippen LogP contribution >= 0.6 is 38.6 Å². The Morgan fingerprint density at radius 2 is 2.00 bits per heavy atom. The lowest BCUT2D eigenvalue weighted by atomic mass is 10.0. The van der Waals surface area contributed by atoms with Gasteiger partial charge in [-0.25, -0.2) is 4.79 Å². The Kier molecular flexibility index (Phi) is 5.13. The molecule has 122 valence electrons. The van der Waals surface area contributed by atoms with Crippen LogP contribution in [-0.2, 0) is 4.74 Å². The number of ether oxygens (including phenoxy) is 1. The number of carbonyl (C=O) groups is 2. The van der Waals surface area contributed by atoms with Crippen LogP contribution in [0, 0.1) is 0 Å². The minimum Gasteiger partial charge on any atom is -0.465 e. The first kappa shape index (κ1) is 16.9. The minimum atomic E-state index is -0.479. The van der Waals surface area contributed by atoms with Gasteiger partial charge in [0, 0.05) is 15.4 Å². The van der Waals surface area contributed by atoms with Crippen LogP contribution < -0.4 is 5.32 Å². The first-order valence-corrected chi connectivity index (χ1v) is 9.46. The number of halogens is 1. The topological polar surface area (TPSA) is 55.4 Å². The van der Waals surface area contributed by atoms with E-state index in [1.807, 2.05) is 41.1 Å². The third kappa shape index (κ3) is 3.43. The minimum absolute atomic E-state index is 0.238. The van der Waals surface area contributed by atoms with E-state index in [1.54, 1.807) is 6.07 Å². The zero-order valence-corrected chi connectivity index (χ0v) is 15.8. The van der Waals surface area contributed by atoms with Gasteiger partial charge < -0.3 is 10.1 Å². The lowest BCUT2D eigenvalue weighted by molar-refractivity contribution is 0.0603. The highest BCUT2D eigenvalue weighted by atomic mass is 79.9. The molecule has 2 heterocycles. The fraction of sp³-hybridized carbons (Fsp3) is 0.0588. The normalized spacial score (nSPS) is 10.4. The lowest BCUT2D eigenvalue weighted by Crippen LogP contribution is -2.13. The maximum absolute atomic E-state index is 12.3. The summed E-state index contributed by atoms with van der Waals surface area (Å²) >= 11 is 6.08. The van der Waals surface area contributed by atoms with Gasteiger partial charge >= 0.3 is 5.97 Å². The Morgan fingerprint density at radius 1 is 1.17 bits per heavy atom. The van der Waals surface area contributed by atoms with E-state index < -0.39 is 5.97 Å². The Morgan fingerprint density at radius 3 is 2.67 bits per heavy atom. The maximum atomic E-state index is 12.3. The van der Waals surface area contributed by atoms with Gasteiger partial charge in [-0.2, -0.15) is 0 Å². The molecule has 0 aliphatic heterocycles. The van der Waals surface area contributed by atoms with Gasteiger partial charge in [0.05, 0.1) is 12.0 Å². The van der Waals surface area contributed by atoms with Crippen molar-refractivity contribution in [3.05, 3.63) is 62.1 Å². The molecular formula is C17H12BrNO3S2. The van der Waals surface area contributed by atoms with Crippen molar-refractivity contribution in [1.29, 1.82) is 0 Å². The van der Waals surface area contributed by atoms with Gasteiger partial charge in [0.1, 0.15) is 10.6 Å². The zero-order valence-electron chi connectivity index (χ0n) is 12.5. The second-order valence-corrected chi connectivity index (χ2v) is 7.53. The highest BCUT2D eigenvalue weighted by Gasteiger charge is 2.23. The number of hydrogen-bond acceptors (Lipinski definition) is 5. The molecule has 0 aliphatic carbocycles. The summed E-state index contributed by atoms with van der Waals surface area (Å²) in [5, 5.41) is 6.97. The van der Waals surface area contributed by atoms with Crippen molar-refractivity contribution in [2.45, 2.75) is 0 Å². The Labute approximate surface area is 155 Å². The van der Waals surface area contributed by atoms with E-state index in [0.29, 0.717) is 15.4 Å². The number of hydrogen-bond donors (Lipinski definition) is 1. The summed E-state index contributed by atoms with van der Waals surface area (Å²) in [5.41, 5.74) is 1.97. The van der Waals surface area contributed by atoms with Crippen LogP contribution in [0.2, 0.25) is 0 Å². The predicted octanol–water partition coefficient (Wildman–Crippen LogP) is 5.28. The van der Waals surface area contributed by atoms with E-state index in [9.17, 15) is 9.59 Å². The van der Waals surface area contributed by atoms with Gasteiger partial charge in [-0.15, -0.1) is 22.7 Å². The standard InChI is InChI=1S/C17H12BrNO3S2/c1-22-17(21)14-12(10-4-2-5-11(18)8-10)9-24-16(14)19-15(20)13-6-3-7-23-13/h2-9H,1H3,(H,19,20). The van der Waals surface area contributed by atoms with E-state index >= 15 is 0 Å². The highest BCUT2D eigenvalue weighted by Crippen LogP contribution is 2.37. The average Bonchev–Trinajstić information content (AvgIpc) is 3.24. The molecule has 1 aromatic carbocycles. The fourth-order valence-corrected chi connectivity index (χ4v) is 4.17.